The molecule has 1 aromatic carbocycles. The number of hydrogen-bond acceptors (Lipinski definition) is 3. The number of nitrogens with zero attached hydrogens (tertiary/aromatic N) is 2. The van der Waals surface area contributed by atoms with Crippen molar-refractivity contribution < 1.29 is 9.59 Å². The predicted molar refractivity (Wildman–Crippen MR) is 103 cm³/mol. The van der Waals surface area contributed by atoms with Crippen LogP contribution in [0.1, 0.15) is 39.0 Å². The molecule has 142 valence electrons. The summed E-state index contributed by atoms with van der Waals surface area (Å²) in [6, 6.07) is 9.42. The topological polar surface area (TPSA) is 78.7 Å². The Balaban J connectivity index is 1.62. The highest BCUT2D eigenvalue weighted by molar-refractivity contribution is 5.90. The maximum atomic E-state index is 13.1. The number of amides is 3. The molecule has 2 aliphatic rings. The molecule has 0 aromatic heterocycles. The number of carbonyl (C=O) groups is 2. The molecule has 3 N–H and O–H groups in total. The standard InChI is InChI=1S/C20H30N4O2/c1-15(21)18-11-5-6-13-24(18)19(25)16-8-7-12-23(14-16)20(26)22-17-9-3-2-4-10-17/h2-4,9-10,15-16,18H,5-8,11-14,21H2,1H3,(H,22,26). The van der Waals surface area contributed by atoms with Crippen molar-refractivity contribution in [1.29, 1.82) is 0 Å². The van der Waals surface area contributed by atoms with Gasteiger partial charge in [0.15, 0.2) is 0 Å². The van der Waals surface area contributed by atoms with E-state index in [0.717, 1.165) is 44.3 Å². The molecule has 0 bridgehead atoms. The van der Waals surface area contributed by atoms with E-state index in [-0.39, 0.29) is 29.9 Å². The lowest BCUT2D eigenvalue weighted by Crippen LogP contribution is -2.55. The summed E-state index contributed by atoms with van der Waals surface area (Å²) in [4.78, 5) is 29.4. The first-order valence-corrected chi connectivity index (χ1v) is 9.73. The fourth-order valence-electron chi connectivity index (χ4n) is 4.10. The van der Waals surface area contributed by atoms with Crippen molar-refractivity contribution in [2.45, 2.75) is 51.1 Å². The van der Waals surface area contributed by atoms with E-state index in [1.807, 2.05) is 42.2 Å². The smallest absolute Gasteiger partial charge is 0.321 e. The van der Waals surface area contributed by atoms with Crippen molar-refractivity contribution in [2.24, 2.45) is 11.7 Å². The van der Waals surface area contributed by atoms with Crippen molar-refractivity contribution in [3.05, 3.63) is 30.3 Å². The van der Waals surface area contributed by atoms with Crippen LogP contribution in [-0.2, 0) is 4.79 Å². The molecule has 0 radical (unpaired) electrons. The number of likely N-dealkylation sites (tertiary alicyclic amines) is 2. The zero-order chi connectivity index (χ0) is 18.5. The van der Waals surface area contributed by atoms with Crippen LogP contribution in [0.4, 0.5) is 10.5 Å². The van der Waals surface area contributed by atoms with Gasteiger partial charge in [-0.3, -0.25) is 4.79 Å². The van der Waals surface area contributed by atoms with Crippen LogP contribution in [0.25, 0.3) is 0 Å². The van der Waals surface area contributed by atoms with Gasteiger partial charge in [-0.25, -0.2) is 4.79 Å². The first-order chi connectivity index (χ1) is 12.6. The number of nitrogens with one attached hydrogen (secondary N) is 1. The average molecular weight is 358 g/mol. The number of urea groups is 1. The van der Waals surface area contributed by atoms with Crippen LogP contribution < -0.4 is 11.1 Å². The number of benzene rings is 1. The van der Waals surface area contributed by atoms with Gasteiger partial charge in [0.2, 0.25) is 5.91 Å². The quantitative estimate of drug-likeness (QED) is 0.872. The van der Waals surface area contributed by atoms with Crippen LogP contribution in [0.5, 0.6) is 0 Å². The van der Waals surface area contributed by atoms with Gasteiger partial charge in [-0.2, -0.15) is 0 Å². The van der Waals surface area contributed by atoms with Gasteiger partial charge in [-0.1, -0.05) is 18.2 Å². The summed E-state index contributed by atoms with van der Waals surface area (Å²) >= 11 is 0. The average Bonchev–Trinajstić information content (AvgIpc) is 2.68. The van der Waals surface area contributed by atoms with E-state index in [1.54, 1.807) is 4.90 Å². The zero-order valence-corrected chi connectivity index (χ0v) is 15.6. The lowest BCUT2D eigenvalue weighted by Gasteiger charge is -2.41. The third-order valence-electron chi connectivity index (χ3n) is 5.52. The number of hydrogen-bond donors (Lipinski definition) is 2. The second-order valence-corrected chi connectivity index (χ2v) is 7.54. The Labute approximate surface area is 155 Å². The van der Waals surface area contributed by atoms with E-state index in [2.05, 4.69) is 5.32 Å². The number of nitrogens with two attached hydrogens (primary N) is 1. The van der Waals surface area contributed by atoms with Crippen molar-refractivity contribution in [1.82, 2.24) is 9.80 Å². The van der Waals surface area contributed by atoms with Gasteiger partial charge < -0.3 is 20.9 Å². The fourth-order valence-corrected chi connectivity index (χ4v) is 4.10. The van der Waals surface area contributed by atoms with E-state index in [9.17, 15) is 9.59 Å². The molecule has 0 saturated carbocycles. The molecule has 6 heteroatoms. The molecule has 2 fully saturated rings. The van der Waals surface area contributed by atoms with Gasteiger partial charge in [0, 0.05) is 37.4 Å². The molecule has 3 amide bonds. The van der Waals surface area contributed by atoms with E-state index in [0.29, 0.717) is 13.1 Å². The number of para-hydroxylation sites is 1. The Morgan fingerprint density at radius 1 is 1.12 bits per heavy atom. The molecule has 3 unspecified atom stereocenters. The van der Waals surface area contributed by atoms with Gasteiger partial charge in [0.1, 0.15) is 0 Å². The van der Waals surface area contributed by atoms with Gasteiger partial charge in [0.05, 0.1) is 5.92 Å². The monoisotopic (exact) mass is 358 g/mol. The van der Waals surface area contributed by atoms with Crippen molar-refractivity contribution in [2.75, 3.05) is 25.0 Å². The van der Waals surface area contributed by atoms with E-state index < -0.39 is 0 Å². The highest BCUT2D eigenvalue weighted by Gasteiger charge is 2.36. The Hall–Kier alpha value is -2.08. The molecule has 0 aliphatic carbocycles. The number of rotatable bonds is 3. The maximum Gasteiger partial charge on any atom is 0.321 e. The van der Waals surface area contributed by atoms with Crippen LogP contribution in [0, 0.1) is 5.92 Å². The molecule has 1 aromatic rings. The Morgan fingerprint density at radius 2 is 1.88 bits per heavy atom. The third-order valence-corrected chi connectivity index (χ3v) is 5.52. The lowest BCUT2D eigenvalue weighted by molar-refractivity contribution is -0.141. The highest BCUT2D eigenvalue weighted by atomic mass is 16.2. The summed E-state index contributed by atoms with van der Waals surface area (Å²) in [5.74, 6) is 0.0498. The Morgan fingerprint density at radius 3 is 2.62 bits per heavy atom. The van der Waals surface area contributed by atoms with Crippen LogP contribution in [0.3, 0.4) is 0 Å². The summed E-state index contributed by atoms with van der Waals surface area (Å²) in [5.41, 5.74) is 6.89. The number of anilines is 1. The first-order valence-electron chi connectivity index (χ1n) is 9.73. The third kappa shape index (κ3) is 4.36. The van der Waals surface area contributed by atoms with Crippen molar-refractivity contribution >= 4 is 17.6 Å². The van der Waals surface area contributed by atoms with Gasteiger partial charge in [-0.05, 0) is 51.2 Å². The second kappa shape index (κ2) is 8.54. The second-order valence-electron chi connectivity index (χ2n) is 7.54. The maximum absolute atomic E-state index is 13.1. The molecule has 0 spiro atoms. The molecule has 2 heterocycles. The van der Waals surface area contributed by atoms with E-state index in [4.69, 9.17) is 5.73 Å². The summed E-state index contributed by atoms with van der Waals surface area (Å²) < 4.78 is 0. The summed E-state index contributed by atoms with van der Waals surface area (Å²) in [5, 5.41) is 2.92. The fraction of sp³-hybridized carbons (Fsp3) is 0.600. The van der Waals surface area contributed by atoms with Crippen molar-refractivity contribution in [3.8, 4) is 0 Å². The zero-order valence-electron chi connectivity index (χ0n) is 15.6. The van der Waals surface area contributed by atoms with Crippen LogP contribution in [0.15, 0.2) is 30.3 Å². The van der Waals surface area contributed by atoms with E-state index in [1.165, 1.54) is 0 Å². The number of carbonyl (C=O) groups excluding carboxylic acids is 2. The molecule has 3 atom stereocenters. The minimum Gasteiger partial charge on any atom is -0.338 e. The predicted octanol–water partition coefficient (Wildman–Crippen LogP) is 2.66. The Kier molecular flexibility index (Phi) is 6.14. The summed E-state index contributed by atoms with van der Waals surface area (Å²) in [6.45, 7) is 3.95. The van der Waals surface area contributed by atoms with Crippen LogP contribution in [0.2, 0.25) is 0 Å². The summed E-state index contributed by atoms with van der Waals surface area (Å²) in [6.07, 6.45) is 4.85. The SMILES string of the molecule is CC(N)C1CCCCN1C(=O)C1CCCN(C(=O)Nc2ccccc2)C1. The van der Waals surface area contributed by atoms with E-state index >= 15 is 0 Å². The molecule has 3 rings (SSSR count). The number of piperidine rings is 2. The lowest BCUT2D eigenvalue weighted by atomic mass is 9.91. The minimum atomic E-state index is -0.129. The van der Waals surface area contributed by atoms with Crippen LogP contribution in [-0.4, -0.2) is 53.5 Å². The molecular weight excluding hydrogens is 328 g/mol. The largest absolute Gasteiger partial charge is 0.338 e. The molecule has 6 nitrogen and oxygen atoms in total. The highest BCUT2D eigenvalue weighted by Crippen LogP contribution is 2.25. The normalized spacial score (nSPS) is 24.8. The van der Waals surface area contributed by atoms with Gasteiger partial charge >= 0.3 is 6.03 Å². The Bertz CT molecular complexity index is 619. The molecule has 26 heavy (non-hydrogen) atoms. The first kappa shape index (κ1) is 18.7. The van der Waals surface area contributed by atoms with Crippen molar-refractivity contribution in [3.63, 3.8) is 0 Å². The van der Waals surface area contributed by atoms with Crippen LogP contribution >= 0.6 is 0 Å². The molecule has 2 saturated heterocycles. The van der Waals surface area contributed by atoms with Gasteiger partial charge in [-0.15, -0.1) is 0 Å². The minimum absolute atomic E-state index is 0.0136. The molecular formula is C20H30N4O2. The summed E-state index contributed by atoms with van der Waals surface area (Å²) in [7, 11) is 0. The van der Waals surface area contributed by atoms with Gasteiger partial charge in [0.25, 0.3) is 0 Å². The molecule has 2 aliphatic heterocycles.